The standard InChI is InChI=1S/C24H24N2O2/c1-25(2)20-13-14-21-22(15-20)24(27)28-23(21)18-9-11-19(12-10-18)26(3)16-17-7-5-4-6-8-17/h4-15,23H,16H2,1-3H3. The van der Waals surface area contributed by atoms with Gasteiger partial charge in [0.1, 0.15) is 0 Å². The van der Waals surface area contributed by atoms with Crippen molar-refractivity contribution in [2.75, 3.05) is 30.9 Å². The van der Waals surface area contributed by atoms with Crippen LogP contribution >= 0.6 is 0 Å². The number of esters is 1. The maximum atomic E-state index is 12.4. The second kappa shape index (κ2) is 7.39. The summed E-state index contributed by atoms with van der Waals surface area (Å²) in [6.07, 6.45) is -0.341. The topological polar surface area (TPSA) is 32.8 Å². The molecule has 1 heterocycles. The predicted molar refractivity (Wildman–Crippen MR) is 113 cm³/mol. The molecule has 0 spiro atoms. The summed E-state index contributed by atoms with van der Waals surface area (Å²) in [5.74, 6) is -0.256. The Kier molecular flexibility index (Phi) is 4.78. The van der Waals surface area contributed by atoms with Gasteiger partial charge in [0.2, 0.25) is 0 Å². The number of cyclic esters (lactones) is 1. The molecule has 1 atom stereocenters. The molecular weight excluding hydrogens is 348 g/mol. The molecule has 4 heteroatoms. The minimum Gasteiger partial charge on any atom is -0.449 e. The lowest BCUT2D eigenvalue weighted by Crippen LogP contribution is -2.16. The van der Waals surface area contributed by atoms with E-state index in [-0.39, 0.29) is 12.1 Å². The molecule has 3 aromatic carbocycles. The smallest absolute Gasteiger partial charge is 0.339 e. The highest BCUT2D eigenvalue weighted by Gasteiger charge is 2.32. The molecule has 142 valence electrons. The van der Waals surface area contributed by atoms with E-state index in [1.807, 2.05) is 55.4 Å². The molecule has 0 aromatic heterocycles. The lowest BCUT2D eigenvalue weighted by molar-refractivity contribution is 0.0456. The van der Waals surface area contributed by atoms with Crippen molar-refractivity contribution in [1.82, 2.24) is 0 Å². The Balaban J connectivity index is 1.55. The van der Waals surface area contributed by atoms with Crippen LogP contribution in [0, 0.1) is 0 Å². The van der Waals surface area contributed by atoms with Crippen molar-refractivity contribution in [3.63, 3.8) is 0 Å². The lowest BCUT2D eigenvalue weighted by atomic mass is 9.98. The van der Waals surface area contributed by atoms with Gasteiger partial charge in [-0.1, -0.05) is 48.5 Å². The number of hydrogen-bond donors (Lipinski definition) is 0. The fourth-order valence-corrected chi connectivity index (χ4v) is 3.56. The van der Waals surface area contributed by atoms with Gasteiger partial charge in [-0.05, 0) is 35.4 Å². The number of anilines is 2. The third-order valence-corrected chi connectivity index (χ3v) is 5.18. The Morgan fingerprint density at radius 3 is 2.21 bits per heavy atom. The van der Waals surface area contributed by atoms with Crippen molar-refractivity contribution in [3.05, 3.63) is 95.1 Å². The molecular formula is C24H24N2O2. The van der Waals surface area contributed by atoms with E-state index >= 15 is 0 Å². The number of ether oxygens (including phenoxy) is 1. The summed E-state index contributed by atoms with van der Waals surface area (Å²) in [7, 11) is 6.00. The second-order valence-electron chi connectivity index (χ2n) is 7.38. The zero-order valence-corrected chi connectivity index (χ0v) is 16.4. The molecule has 0 fully saturated rings. The highest BCUT2D eigenvalue weighted by molar-refractivity contribution is 5.95. The Morgan fingerprint density at radius 1 is 0.857 bits per heavy atom. The molecule has 1 unspecified atom stereocenters. The zero-order chi connectivity index (χ0) is 19.7. The van der Waals surface area contributed by atoms with Gasteiger partial charge in [0.15, 0.2) is 6.10 Å². The number of fused-ring (bicyclic) bond motifs is 1. The van der Waals surface area contributed by atoms with Gasteiger partial charge in [-0.25, -0.2) is 4.79 Å². The molecule has 28 heavy (non-hydrogen) atoms. The SMILES string of the molecule is CN(C)c1ccc2c(c1)C(=O)OC2c1ccc(N(C)Cc2ccccc2)cc1. The largest absolute Gasteiger partial charge is 0.449 e. The van der Waals surface area contributed by atoms with Crippen LogP contribution in [-0.4, -0.2) is 27.1 Å². The van der Waals surface area contributed by atoms with Crippen LogP contribution in [0.5, 0.6) is 0 Å². The molecule has 0 N–H and O–H groups in total. The first-order valence-corrected chi connectivity index (χ1v) is 9.40. The quantitative estimate of drug-likeness (QED) is 0.611. The number of carbonyl (C=O) groups excluding carboxylic acids is 1. The first kappa shape index (κ1) is 18.1. The summed E-state index contributed by atoms with van der Waals surface area (Å²) < 4.78 is 5.68. The Hall–Kier alpha value is -3.27. The van der Waals surface area contributed by atoms with E-state index in [1.165, 1.54) is 5.56 Å². The number of carbonyl (C=O) groups is 1. The summed E-state index contributed by atoms with van der Waals surface area (Å²) in [4.78, 5) is 16.5. The number of rotatable bonds is 5. The molecule has 1 aliphatic heterocycles. The van der Waals surface area contributed by atoms with Crippen LogP contribution in [-0.2, 0) is 11.3 Å². The summed E-state index contributed by atoms with van der Waals surface area (Å²) in [6, 6.07) is 24.6. The molecule has 3 aromatic rings. The first-order chi connectivity index (χ1) is 13.5. The van der Waals surface area contributed by atoms with E-state index in [9.17, 15) is 4.79 Å². The fourth-order valence-electron chi connectivity index (χ4n) is 3.56. The highest BCUT2D eigenvalue weighted by atomic mass is 16.5. The summed E-state index contributed by atoms with van der Waals surface area (Å²) >= 11 is 0. The third-order valence-electron chi connectivity index (χ3n) is 5.18. The second-order valence-corrected chi connectivity index (χ2v) is 7.38. The molecule has 4 nitrogen and oxygen atoms in total. The van der Waals surface area contributed by atoms with Crippen LogP contribution in [0.25, 0.3) is 0 Å². The van der Waals surface area contributed by atoms with Crippen LogP contribution in [0.15, 0.2) is 72.8 Å². The Bertz CT molecular complexity index is 981. The summed E-state index contributed by atoms with van der Waals surface area (Å²) in [5.41, 5.74) is 5.96. The van der Waals surface area contributed by atoms with Crippen molar-refractivity contribution in [2.45, 2.75) is 12.6 Å². The molecule has 0 saturated heterocycles. The van der Waals surface area contributed by atoms with Gasteiger partial charge in [-0.2, -0.15) is 0 Å². The van der Waals surface area contributed by atoms with E-state index in [2.05, 4.69) is 48.3 Å². The number of benzene rings is 3. The van der Waals surface area contributed by atoms with E-state index in [1.54, 1.807) is 0 Å². The van der Waals surface area contributed by atoms with Gasteiger partial charge in [0.25, 0.3) is 0 Å². The molecule has 0 radical (unpaired) electrons. The Morgan fingerprint density at radius 2 is 1.54 bits per heavy atom. The van der Waals surface area contributed by atoms with Crippen LogP contribution in [0.3, 0.4) is 0 Å². The number of nitrogens with zero attached hydrogens (tertiary/aromatic N) is 2. The van der Waals surface area contributed by atoms with Crippen LogP contribution in [0.4, 0.5) is 11.4 Å². The van der Waals surface area contributed by atoms with Crippen molar-refractivity contribution >= 4 is 17.3 Å². The summed E-state index contributed by atoms with van der Waals surface area (Å²) in [5, 5.41) is 0. The maximum Gasteiger partial charge on any atom is 0.339 e. The van der Waals surface area contributed by atoms with Crippen molar-refractivity contribution in [2.24, 2.45) is 0 Å². The Labute approximate surface area is 166 Å². The molecule has 1 aliphatic rings. The van der Waals surface area contributed by atoms with Gasteiger partial charge >= 0.3 is 5.97 Å². The van der Waals surface area contributed by atoms with E-state index in [0.717, 1.165) is 29.0 Å². The van der Waals surface area contributed by atoms with E-state index in [4.69, 9.17) is 4.74 Å². The first-order valence-electron chi connectivity index (χ1n) is 9.40. The van der Waals surface area contributed by atoms with Gasteiger partial charge < -0.3 is 14.5 Å². The predicted octanol–water partition coefficient (Wildman–Crippen LogP) is 4.65. The molecule has 4 rings (SSSR count). The molecule has 0 saturated carbocycles. The third kappa shape index (κ3) is 3.46. The van der Waals surface area contributed by atoms with Gasteiger partial charge in [0, 0.05) is 44.6 Å². The van der Waals surface area contributed by atoms with Crippen molar-refractivity contribution in [3.8, 4) is 0 Å². The molecule has 0 aliphatic carbocycles. The fraction of sp³-hybridized carbons (Fsp3) is 0.208. The van der Waals surface area contributed by atoms with Gasteiger partial charge in [-0.3, -0.25) is 0 Å². The van der Waals surface area contributed by atoms with E-state index in [0.29, 0.717) is 5.56 Å². The van der Waals surface area contributed by atoms with Crippen molar-refractivity contribution < 1.29 is 9.53 Å². The van der Waals surface area contributed by atoms with Crippen molar-refractivity contribution in [1.29, 1.82) is 0 Å². The normalized spacial score (nSPS) is 15.1. The van der Waals surface area contributed by atoms with Gasteiger partial charge in [-0.15, -0.1) is 0 Å². The minimum absolute atomic E-state index is 0.256. The van der Waals surface area contributed by atoms with Crippen LogP contribution in [0.2, 0.25) is 0 Å². The lowest BCUT2D eigenvalue weighted by Gasteiger charge is -2.20. The van der Waals surface area contributed by atoms with Crippen LogP contribution < -0.4 is 9.80 Å². The number of hydrogen-bond acceptors (Lipinski definition) is 4. The molecule has 0 amide bonds. The average Bonchev–Trinajstić information content (AvgIpc) is 3.05. The van der Waals surface area contributed by atoms with Gasteiger partial charge in [0.05, 0.1) is 5.56 Å². The van der Waals surface area contributed by atoms with E-state index < -0.39 is 0 Å². The maximum absolute atomic E-state index is 12.4. The average molecular weight is 372 g/mol. The summed E-state index contributed by atoms with van der Waals surface area (Å²) in [6.45, 7) is 0.842. The van der Waals surface area contributed by atoms with Crippen LogP contribution in [0.1, 0.15) is 33.2 Å². The molecule has 0 bridgehead atoms. The monoisotopic (exact) mass is 372 g/mol. The zero-order valence-electron chi connectivity index (χ0n) is 16.4. The highest BCUT2D eigenvalue weighted by Crippen LogP contribution is 2.38. The minimum atomic E-state index is -0.341.